The zero-order chi connectivity index (χ0) is 64.2. The fraction of sp³-hybridized carbons (Fsp3) is 0.562. The van der Waals surface area contributed by atoms with Crippen LogP contribution < -0.4 is 27.0 Å². The van der Waals surface area contributed by atoms with E-state index in [0.717, 1.165) is 43.4 Å². The largest absolute Gasteiger partial charge is 0.383 e. The van der Waals surface area contributed by atoms with Gasteiger partial charge < -0.3 is 70.6 Å². The van der Waals surface area contributed by atoms with Crippen LogP contribution >= 0.6 is 11.8 Å². The topological polar surface area (TPSA) is 292 Å². The van der Waals surface area contributed by atoms with Gasteiger partial charge in [0.2, 0.25) is 53.2 Å². The van der Waals surface area contributed by atoms with Crippen LogP contribution in [-0.2, 0) is 77.0 Å². The van der Waals surface area contributed by atoms with E-state index in [2.05, 4.69) is 21.3 Å². The lowest BCUT2D eigenvalue weighted by Crippen LogP contribution is -2.52. The van der Waals surface area contributed by atoms with E-state index >= 15 is 0 Å². The summed E-state index contributed by atoms with van der Waals surface area (Å²) >= 11 is 1.87. The summed E-state index contributed by atoms with van der Waals surface area (Å²) in [4.78, 5) is 142. The average molecular weight is 1260 g/mol. The molecule has 0 aromatic heterocycles. The van der Waals surface area contributed by atoms with E-state index in [9.17, 15) is 47.9 Å². The van der Waals surface area contributed by atoms with Crippen molar-refractivity contribution < 1.29 is 62.2 Å². The zero-order valence-electron chi connectivity index (χ0n) is 52.1. The highest BCUT2D eigenvalue weighted by molar-refractivity contribution is 8.00. The van der Waals surface area contributed by atoms with Crippen LogP contribution in [0.4, 0.5) is 4.79 Å². The van der Waals surface area contributed by atoms with E-state index in [1.54, 1.807) is 60.7 Å². The normalized spacial score (nSPS) is 14.8. The van der Waals surface area contributed by atoms with Crippen LogP contribution in [0.1, 0.15) is 93.7 Å². The minimum atomic E-state index is -0.737. The molecule has 11 amide bonds. The molecular formula is C64H93N11O13S. The first-order valence-corrected chi connectivity index (χ1v) is 31.9. The molecule has 488 valence electrons. The molecule has 2 aliphatic rings. The number of ether oxygens (including phenoxy) is 3. The summed E-state index contributed by atoms with van der Waals surface area (Å²) < 4.78 is 16.0. The van der Waals surface area contributed by atoms with Gasteiger partial charge in [-0.25, -0.2) is 4.79 Å². The summed E-state index contributed by atoms with van der Waals surface area (Å²) in [6, 6.07) is 27.3. The molecule has 3 aromatic rings. The maximum Gasteiger partial charge on any atom is 0.315 e. The van der Waals surface area contributed by atoms with Gasteiger partial charge in [-0.2, -0.15) is 11.8 Å². The lowest BCUT2D eigenvalue weighted by molar-refractivity contribution is -0.149. The highest BCUT2D eigenvalue weighted by atomic mass is 32.2. The van der Waals surface area contributed by atoms with Gasteiger partial charge in [-0.1, -0.05) is 110 Å². The monoisotopic (exact) mass is 1260 g/mol. The summed E-state index contributed by atoms with van der Waals surface area (Å²) in [6.45, 7) is -1.36. The van der Waals surface area contributed by atoms with Crippen LogP contribution in [0.3, 0.4) is 0 Å². The van der Waals surface area contributed by atoms with Crippen molar-refractivity contribution in [2.24, 2.45) is 5.73 Å². The minimum Gasteiger partial charge on any atom is -0.383 e. The third-order valence-electron chi connectivity index (χ3n) is 15.3. The zero-order valence-corrected chi connectivity index (χ0v) is 52.9. The van der Waals surface area contributed by atoms with E-state index in [0.29, 0.717) is 68.0 Å². The Morgan fingerprint density at radius 1 is 0.472 bits per heavy atom. The number of nitrogens with two attached hydrogens (primary N) is 1. The molecule has 2 saturated heterocycles. The van der Waals surface area contributed by atoms with Gasteiger partial charge >= 0.3 is 6.03 Å². The molecule has 25 heteroatoms. The number of primary amides is 1. The van der Waals surface area contributed by atoms with Crippen molar-refractivity contribution >= 4 is 71.0 Å². The second-order valence-corrected chi connectivity index (χ2v) is 23.6. The van der Waals surface area contributed by atoms with Crippen molar-refractivity contribution in [2.75, 3.05) is 119 Å². The highest BCUT2D eigenvalue weighted by Gasteiger charge is 2.42. The van der Waals surface area contributed by atoms with Gasteiger partial charge in [0.15, 0.2) is 0 Å². The molecule has 0 bridgehead atoms. The lowest BCUT2D eigenvalue weighted by atomic mass is 10.0. The summed E-state index contributed by atoms with van der Waals surface area (Å²) in [6.07, 6.45) is 7.74. The van der Waals surface area contributed by atoms with Gasteiger partial charge in [0, 0.05) is 104 Å². The van der Waals surface area contributed by atoms with Crippen LogP contribution in [0.5, 0.6) is 0 Å². The number of amides is 11. The number of hydrogen-bond donors (Lipinski definition) is 5. The summed E-state index contributed by atoms with van der Waals surface area (Å²) in [5, 5.41) is 12.3. The second kappa shape index (κ2) is 40.8. The van der Waals surface area contributed by atoms with E-state index in [4.69, 9.17) is 19.9 Å². The molecule has 0 saturated carbocycles. The Bertz CT molecular complexity index is 2700. The van der Waals surface area contributed by atoms with Crippen LogP contribution in [0, 0.1) is 0 Å². The molecule has 3 aromatic carbocycles. The molecule has 5 rings (SSSR count). The van der Waals surface area contributed by atoms with Crippen LogP contribution in [0.2, 0.25) is 0 Å². The summed E-state index contributed by atoms with van der Waals surface area (Å²) in [7, 11) is 4.39. The van der Waals surface area contributed by atoms with Crippen LogP contribution in [-0.4, -0.2) is 225 Å². The first kappa shape index (κ1) is 72.1. The van der Waals surface area contributed by atoms with Crippen molar-refractivity contribution in [2.45, 2.75) is 114 Å². The number of carbonyl (C=O) groups is 10. The molecule has 2 aliphatic heterocycles. The molecule has 2 heterocycles. The predicted molar refractivity (Wildman–Crippen MR) is 337 cm³/mol. The molecule has 0 aliphatic carbocycles. The maximum atomic E-state index is 14.6. The van der Waals surface area contributed by atoms with E-state index < -0.39 is 68.2 Å². The molecule has 3 atom stereocenters. The van der Waals surface area contributed by atoms with E-state index in [1.165, 1.54) is 50.7 Å². The number of rotatable bonds is 44. The van der Waals surface area contributed by atoms with Gasteiger partial charge in [0.05, 0.1) is 58.1 Å². The Labute approximate surface area is 527 Å². The third kappa shape index (κ3) is 27.4. The number of carbonyl (C=O) groups excluding carboxylic acids is 10. The van der Waals surface area contributed by atoms with Crippen molar-refractivity contribution in [3.05, 3.63) is 108 Å². The first-order chi connectivity index (χ1) is 43.1. The number of fused-ring (bicyclic) bond motifs is 1. The molecule has 24 nitrogen and oxygen atoms in total. The van der Waals surface area contributed by atoms with Crippen molar-refractivity contribution in [1.29, 1.82) is 0 Å². The summed E-state index contributed by atoms with van der Waals surface area (Å²) in [5.41, 5.74) is 7.69. The second-order valence-electron chi connectivity index (χ2n) is 22.3. The number of nitrogens with zero attached hydrogens (tertiary/aromatic N) is 6. The number of thioether (sulfide) groups is 1. The average Bonchev–Trinajstić information content (AvgIpc) is 2.33. The number of hydrogen-bond acceptors (Lipinski definition) is 14. The molecule has 6 N–H and O–H groups in total. The van der Waals surface area contributed by atoms with Gasteiger partial charge in [-0.05, 0) is 55.2 Å². The molecular weight excluding hydrogens is 1160 g/mol. The molecule has 89 heavy (non-hydrogen) atoms. The number of unbranched alkanes of at least 4 members (excludes halogenated alkanes) is 5. The van der Waals surface area contributed by atoms with E-state index in [1.807, 2.05) is 42.1 Å². The highest BCUT2D eigenvalue weighted by Crippen LogP contribution is 2.33. The predicted octanol–water partition coefficient (Wildman–Crippen LogP) is 3.06. The quantitative estimate of drug-likeness (QED) is 0.0402. The van der Waals surface area contributed by atoms with Gasteiger partial charge in [-0.3, -0.25) is 43.2 Å². The number of urea groups is 1. The van der Waals surface area contributed by atoms with Crippen molar-refractivity contribution in [3.63, 3.8) is 0 Å². The standard InChI is InChI=1S/C64H93N11O13S/c1-86-36-33-70(57(79)30-16-8-20-32-66-55(77)28-15-7-19-31-67-56(78)29-18-17-27-53-63-52(48-89-53)68-64(85)69-63)43-61(83)74(40-50-23-11-5-12-24-50)46-59(81)72(35-38-88-3)45-62(84)75(41-51-25-13-6-14-26-51)47-58(80)71(34-37-87-2)44-60(82)73(42-54(65)76)39-49-21-9-4-10-22-49/h4-6,9-14,21-26,52-53,63H,7-8,15-20,27-48H2,1-3H3,(H2,65,76)(H,66,77)(H,67,78)(H2,68,69,85)/t52-,53?,63-/m0/s1. The number of nitrogens with one attached hydrogen (secondary N) is 4. The third-order valence-corrected chi connectivity index (χ3v) is 16.8. The number of benzene rings is 3. The molecule has 0 spiro atoms. The molecule has 2 fully saturated rings. The van der Waals surface area contributed by atoms with Gasteiger partial charge in [-0.15, -0.1) is 0 Å². The van der Waals surface area contributed by atoms with Crippen LogP contribution in [0.25, 0.3) is 0 Å². The Balaban J connectivity index is 1.12. The van der Waals surface area contributed by atoms with Crippen molar-refractivity contribution in [3.8, 4) is 0 Å². The fourth-order valence-corrected chi connectivity index (χ4v) is 11.9. The number of methoxy groups -OCH3 is 3. The maximum absolute atomic E-state index is 14.6. The van der Waals surface area contributed by atoms with Gasteiger partial charge in [0.25, 0.3) is 0 Å². The van der Waals surface area contributed by atoms with Gasteiger partial charge in [0.1, 0.15) is 13.1 Å². The van der Waals surface area contributed by atoms with E-state index in [-0.39, 0.29) is 108 Å². The Morgan fingerprint density at radius 2 is 0.843 bits per heavy atom. The molecule has 1 unspecified atom stereocenters. The Hall–Kier alpha value is -7.61. The Morgan fingerprint density at radius 3 is 1.26 bits per heavy atom. The summed E-state index contributed by atoms with van der Waals surface area (Å²) in [5.74, 6) is -2.99. The van der Waals surface area contributed by atoms with Crippen LogP contribution in [0.15, 0.2) is 91.0 Å². The lowest BCUT2D eigenvalue weighted by Gasteiger charge is -2.32. The smallest absolute Gasteiger partial charge is 0.315 e. The first-order valence-electron chi connectivity index (χ1n) is 30.8. The fourth-order valence-electron chi connectivity index (χ4n) is 10.3. The molecule has 0 radical (unpaired) electrons. The van der Waals surface area contributed by atoms with Crippen molar-refractivity contribution in [1.82, 2.24) is 50.7 Å². The minimum absolute atomic E-state index is 0.00534. The Kier molecular flexibility index (Phi) is 33.1. The SMILES string of the molecule is COCCN(CC(=O)N(CC(=O)N(CCOC)CC(=O)N(CC(=O)N(CCOC)CC(=O)N(CC(N)=O)Cc1ccccc1)Cc1ccccc1)Cc1ccccc1)C(=O)CCCCCNC(=O)CCCCCNC(=O)CCCCC1SC[C@@H]2NC(=O)N[C@H]12.